The Labute approximate surface area is 95.1 Å². The minimum atomic E-state index is 0.684. The number of hydrogen-bond donors (Lipinski definition) is 0. The third kappa shape index (κ3) is 2.14. The first-order valence-electron chi connectivity index (χ1n) is 6.79. The second-order valence-electron chi connectivity index (χ2n) is 6.28. The zero-order valence-electron chi connectivity index (χ0n) is 10.6. The van der Waals surface area contributed by atoms with Crippen LogP contribution in [-0.2, 0) is 0 Å². The van der Waals surface area contributed by atoms with Crippen LogP contribution in [0.4, 0.5) is 0 Å². The molecule has 0 nitrogen and oxygen atoms in total. The summed E-state index contributed by atoms with van der Waals surface area (Å²) in [5.74, 6) is 3.09. The molecule has 2 atom stereocenters. The van der Waals surface area contributed by atoms with Crippen LogP contribution in [0.5, 0.6) is 0 Å². The van der Waals surface area contributed by atoms with Crippen molar-refractivity contribution < 1.29 is 0 Å². The van der Waals surface area contributed by atoms with E-state index in [0.717, 1.165) is 17.8 Å². The SMILES string of the molecule is CCC/C=C\CC1CC2CC(C1)C2(C)C. The van der Waals surface area contributed by atoms with Gasteiger partial charge in [-0.2, -0.15) is 0 Å². The van der Waals surface area contributed by atoms with Crippen LogP contribution in [0, 0.1) is 23.2 Å². The van der Waals surface area contributed by atoms with Gasteiger partial charge in [0.2, 0.25) is 0 Å². The van der Waals surface area contributed by atoms with Gasteiger partial charge in [-0.25, -0.2) is 0 Å². The first-order valence-corrected chi connectivity index (χ1v) is 6.79. The van der Waals surface area contributed by atoms with Crippen LogP contribution in [0.15, 0.2) is 12.2 Å². The second kappa shape index (κ2) is 4.31. The van der Waals surface area contributed by atoms with E-state index in [9.17, 15) is 0 Å². The summed E-state index contributed by atoms with van der Waals surface area (Å²) in [5.41, 5.74) is 0.684. The Bertz CT molecular complexity index is 222. The Morgan fingerprint density at radius 3 is 2.27 bits per heavy atom. The molecule has 0 spiro atoms. The van der Waals surface area contributed by atoms with Gasteiger partial charge in [-0.05, 0) is 55.3 Å². The summed E-state index contributed by atoms with van der Waals surface area (Å²) < 4.78 is 0. The van der Waals surface area contributed by atoms with Crippen molar-refractivity contribution in [2.45, 2.75) is 59.3 Å². The molecule has 3 aliphatic carbocycles. The van der Waals surface area contributed by atoms with Crippen molar-refractivity contribution in [1.29, 1.82) is 0 Å². The molecule has 0 amide bonds. The van der Waals surface area contributed by atoms with Gasteiger partial charge in [0.15, 0.2) is 0 Å². The Kier molecular flexibility index (Phi) is 3.23. The van der Waals surface area contributed by atoms with Gasteiger partial charge < -0.3 is 0 Å². The topological polar surface area (TPSA) is 0 Å². The van der Waals surface area contributed by atoms with Crippen molar-refractivity contribution in [3.8, 4) is 0 Å². The average molecular weight is 206 g/mol. The Morgan fingerprint density at radius 1 is 1.07 bits per heavy atom. The van der Waals surface area contributed by atoms with Crippen molar-refractivity contribution in [3.05, 3.63) is 12.2 Å². The third-order valence-corrected chi connectivity index (χ3v) is 5.00. The molecule has 3 saturated carbocycles. The first kappa shape index (κ1) is 11.2. The van der Waals surface area contributed by atoms with Crippen LogP contribution in [-0.4, -0.2) is 0 Å². The van der Waals surface area contributed by atoms with Crippen LogP contribution in [0.1, 0.15) is 59.3 Å². The number of fused-ring (bicyclic) bond motifs is 2. The van der Waals surface area contributed by atoms with E-state index in [1.807, 2.05) is 0 Å². The summed E-state index contributed by atoms with van der Waals surface area (Å²) in [6.45, 7) is 7.21. The monoisotopic (exact) mass is 206 g/mol. The second-order valence-corrected chi connectivity index (χ2v) is 6.28. The lowest BCUT2D eigenvalue weighted by Gasteiger charge is -2.59. The smallest absolute Gasteiger partial charge is 0.0297 e. The number of rotatable bonds is 4. The molecule has 0 heteroatoms. The Hall–Kier alpha value is -0.260. The molecule has 86 valence electrons. The molecule has 0 heterocycles. The van der Waals surface area contributed by atoms with Crippen molar-refractivity contribution in [3.63, 3.8) is 0 Å². The molecular formula is C15H26. The maximum Gasteiger partial charge on any atom is -0.0297 e. The molecule has 15 heavy (non-hydrogen) atoms. The normalized spacial score (nSPS) is 37.9. The Balaban J connectivity index is 1.75. The maximum atomic E-state index is 2.48. The van der Waals surface area contributed by atoms with E-state index in [0.29, 0.717) is 5.41 Å². The van der Waals surface area contributed by atoms with E-state index in [1.54, 1.807) is 0 Å². The van der Waals surface area contributed by atoms with Gasteiger partial charge in [-0.3, -0.25) is 0 Å². The van der Waals surface area contributed by atoms with Crippen molar-refractivity contribution >= 4 is 0 Å². The van der Waals surface area contributed by atoms with E-state index in [1.165, 1.54) is 38.5 Å². The summed E-state index contributed by atoms with van der Waals surface area (Å²) in [4.78, 5) is 0. The summed E-state index contributed by atoms with van der Waals surface area (Å²) in [5, 5.41) is 0. The highest BCUT2D eigenvalue weighted by Gasteiger charge is 2.52. The highest BCUT2D eigenvalue weighted by molar-refractivity contribution is 5.03. The predicted octanol–water partition coefficient (Wildman–Crippen LogP) is 4.81. The summed E-state index contributed by atoms with van der Waals surface area (Å²) in [7, 11) is 0. The largest absolute Gasteiger partial charge is 0.0885 e. The minimum absolute atomic E-state index is 0.684. The molecule has 0 aromatic heterocycles. The molecule has 0 saturated heterocycles. The van der Waals surface area contributed by atoms with Gasteiger partial charge in [-0.1, -0.05) is 39.3 Å². The summed E-state index contributed by atoms with van der Waals surface area (Å²) in [6, 6.07) is 0. The summed E-state index contributed by atoms with van der Waals surface area (Å²) >= 11 is 0. The van der Waals surface area contributed by atoms with Crippen molar-refractivity contribution in [2.24, 2.45) is 23.2 Å². The molecule has 3 aliphatic rings. The fraction of sp³-hybridized carbons (Fsp3) is 0.867. The maximum absolute atomic E-state index is 2.48. The fourth-order valence-electron chi connectivity index (χ4n) is 3.59. The molecule has 3 fully saturated rings. The van der Waals surface area contributed by atoms with Gasteiger partial charge in [0.1, 0.15) is 0 Å². The average Bonchev–Trinajstić information content (AvgIpc) is 2.25. The van der Waals surface area contributed by atoms with Gasteiger partial charge in [-0.15, -0.1) is 0 Å². The fourth-order valence-corrected chi connectivity index (χ4v) is 3.59. The van der Waals surface area contributed by atoms with Gasteiger partial charge in [0.05, 0.1) is 0 Å². The molecule has 3 rings (SSSR count). The molecule has 0 radical (unpaired) electrons. The van der Waals surface area contributed by atoms with E-state index < -0.39 is 0 Å². The van der Waals surface area contributed by atoms with E-state index >= 15 is 0 Å². The zero-order chi connectivity index (χ0) is 10.9. The van der Waals surface area contributed by atoms with E-state index in [2.05, 4.69) is 32.9 Å². The molecular weight excluding hydrogens is 180 g/mol. The highest BCUT2D eigenvalue weighted by Crippen LogP contribution is 2.61. The number of hydrogen-bond acceptors (Lipinski definition) is 0. The quantitative estimate of drug-likeness (QED) is 0.579. The standard InChI is InChI=1S/C15H26/c1-4-5-6-7-8-12-9-13-11-14(10-12)15(13,2)3/h6-7,12-14H,4-5,8-11H2,1-3H3/b7-6-. The van der Waals surface area contributed by atoms with Crippen LogP contribution < -0.4 is 0 Å². The number of allylic oxidation sites excluding steroid dienone is 2. The lowest BCUT2D eigenvalue weighted by atomic mass is 9.46. The third-order valence-electron chi connectivity index (χ3n) is 5.00. The van der Waals surface area contributed by atoms with Crippen molar-refractivity contribution in [2.75, 3.05) is 0 Å². The van der Waals surface area contributed by atoms with Crippen LogP contribution >= 0.6 is 0 Å². The number of unbranched alkanes of at least 4 members (excludes halogenated alkanes) is 1. The van der Waals surface area contributed by atoms with Gasteiger partial charge >= 0.3 is 0 Å². The van der Waals surface area contributed by atoms with Crippen LogP contribution in [0.25, 0.3) is 0 Å². The van der Waals surface area contributed by atoms with E-state index in [-0.39, 0.29) is 0 Å². The van der Waals surface area contributed by atoms with Crippen molar-refractivity contribution in [1.82, 2.24) is 0 Å². The zero-order valence-corrected chi connectivity index (χ0v) is 10.6. The molecule has 2 bridgehead atoms. The van der Waals surface area contributed by atoms with Gasteiger partial charge in [0.25, 0.3) is 0 Å². The highest BCUT2D eigenvalue weighted by atomic mass is 14.6. The van der Waals surface area contributed by atoms with Gasteiger partial charge in [0, 0.05) is 0 Å². The lowest BCUT2D eigenvalue weighted by Crippen LogP contribution is -2.50. The van der Waals surface area contributed by atoms with E-state index in [4.69, 9.17) is 0 Å². The molecule has 0 N–H and O–H groups in total. The lowest BCUT2D eigenvalue weighted by molar-refractivity contribution is -0.0890. The molecule has 0 aromatic carbocycles. The molecule has 0 aromatic rings. The molecule has 0 aliphatic heterocycles. The predicted molar refractivity (Wildman–Crippen MR) is 66.8 cm³/mol. The molecule has 2 unspecified atom stereocenters. The summed E-state index contributed by atoms with van der Waals surface area (Å²) in [6.07, 6.45) is 13.3. The Morgan fingerprint density at radius 2 is 1.73 bits per heavy atom. The van der Waals surface area contributed by atoms with Crippen LogP contribution in [0.2, 0.25) is 0 Å². The first-order chi connectivity index (χ1) is 7.14. The van der Waals surface area contributed by atoms with Crippen LogP contribution in [0.3, 0.4) is 0 Å². The minimum Gasteiger partial charge on any atom is -0.0885 e.